The van der Waals surface area contributed by atoms with Crippen LogP contribution in [0.25, 0.3) is 0 Å². The minimum Gasteiger partial charge on any atom is -0.377 e. The Morgan fingerprint density at radius 1 is 1.42 bits per heavy atom. The van der Waals surface area contributed by atoms with Crippen molar-refractivity contribution in [3.8, 4) is 0 Å². The van der Waals surface area contributed by atoms with Crippen molar-refractivity contribution in [3.05, 3.63) is 0 Å². The Balaban J connectivity index is 2.37. The van der Waals surface area contributed by atoms with Crippen molar-refractivity contribution in [2.45, 2.75) is 49.6 Å². The summed E-state index contributed by atoms with van der Waals surface area (Å²) in [5, 5.41) is 0. The average molecular weight is 282 g/mol. The van der Waals surface area contributed by atoms with E-state index in [-0.39, 0.29) is 0 Å². The monoisotopic (exact) mass is 282 g/mol. The lowest BCUT2D eigenvalue weighted by atomic mass is 9.95. The number of hydrogen-bond donors (Lipinski definition) is 0. The quantitative estimate of drug-likeness (QED) is 0.567. The molecule has 1 heterocycles. The highest BCUT2D eigenvalue weighted by atomic mass is 127. The van der Waals surface area contributed by atoms with E-state index in [0.29, 0.717) is 6.10 Å². The van der Waals surface area contributed by atoms with Crippen LogP contribution in [0.3, 0.4) is 0 Å². The van der Waals surface area contributed by atoms with Crippen molar-refractivity contribution in [1.82, 2.24) is 0 Å². The molecule has 1 saturated heterocycles. The highest BCUT2D eigenvalue weighted by Gasteiger charge is 2.28. The second-order valence-electron chi connectivity index (χ2n) is 3.57. The van der Waals surface area contributed by atoms with Gasteiger partial charge in [-0.15, -0.1) is 0 Å². The van der Waals surface area contributed by atoms with Crippen molar-refractivity contribution in [1.29, 1.82) is 0 Å². The van der Waals surface area contributed by atoms with Gasteiger partial charge >= 0.3 is 0 Å². The molecule has 0 saturated carbocycles. The van der Waals surface area contributed by atoms with Crippen LogP contribution in [0.15, 0.2) is 0 Å². The van der Waals surface area contributed by atoms with Crippen molar-refractivity contribution >= 4 is 22.6 Å². The molecule has 0 radical (unpaired) electrons. The van der Waals surface area contributed by atoms with E-state index in [9.17, 15) is 0 Å². The van der Waals surface area contributed by atoms with Gasteiger partial charge < -0.3 is 4.74 Å². The van der Waals surface area contributed by atoms with Crippen molar-refractivity contribution in [2.75, 3.05) is 6.61 Å². The first-order chi connectivity index (χ1) is 5.79. The molecule has 0 aliphatic carbocycles. The highest BCUT2D eigenvalue weighted by Crippen LogP contribution is 2.30. The van der Waals surface area contributed by atoms with Crippen LogP contribution in [-0.2, 0) is 4.74 Å². The molecule has 2 heteroatoms. The van der Waals surface area contributed by atoms with E-state index in [1.807, 2.05) is 0 Å². The maximum Gasteiger partial charge on any atom is 0.0696 e. The molecule has 0 unspecified atom stereocenters. The molecule has 1 fully saturated rings. The third-order valence-electron chi connectivity index (χ3n) is 2.82. The van der Waals surface area contributed by atoms with Gasteiger partial charge in [-0.25, -0.2) is 0 Å². The molecule has 1 aliphatic heterocycles. The molecule has 0 bridgehead atoms. The molecule has 72 valence electrons. The van der Waals surface area contributed by atoms with Crippen LogP contribution in [0, 0.1) is 5.92 Å². The molecule has 0 N–H and O–H groups in total. The SMILES string of the molecule is CCC(CC)[C@@H](I)[C@@H]1CCCO1. The Kier molecular flexibility index (Phi) is 4.87. The van der Waals surface area contributed by atoms with E-state index >= 15 is 0 Å². The van der Waals surface area contributed by atoms with Gasteiger partial charge in [0.05, 0.1) is 6.10 Å². The molecule has 0 aromatic rings. The van der Waals surface area contributed by atoms with Crippen LogP contribution in [0.4, 0.5) is 0 Å². The molecule has 1 nitrogen and oxygen atoms in total. The lowest BCUT2D eigenvalue weighted by Crippen LogP contribution is -2.26. The minimum atomic E-state index is 0.551. The second-order valence-corrected chi connectivity index (χ2v) is 5.01. The van der Waals surface area contributed by atoms with Crippen LogP contribution in [-0.4, -0.2) is 16.6 Å². The maximum absolute atomic E-state index is 5.69. The summed E-state index contributed by atoms with van der Waals surface area (Å²) in [6.45, 7) is 5.56. The van der Waals surface area contributed by atoms with Crippen molar-refractivity contribution in [3.63, 3.8) is 0 Å². The Labute approximate surface area is 89.4 Å². The van der Waals surface area contributed by atoms with Gasteiger partial charge in [-0.05, 0) is 18.8 Å². The summed E-state index contributed by atoms with van der Waals surface area (Å²) in [6, 6.07) is 0. The van der Waals surface area contributed by atoms with Crippen LogP contribution in [0.2, 0.25) is 0 Å². The Morgan fingerprint density at radius 3 is 2.50 bits per heavy atom. The third-order valence-corrected chi connectivity index (χ3v) is 4.64. The smallest absolute Gasteiger partial charge is 0.0696 e. The van der Waals surface area contributed by atoms with Gasteiger partial charge in [0, 0.05) is 10.5 Å². The minimum absolute atomic E-state index is 0.551. The lowest BCUT2D eigenvalue weighted by molar-refractivity contribution is 0.0982. The van der Waals surface area contributed by atoms with Gasteiger partial charge in [0.2, 0.25) is 0 Å². The largest absolute Gasteiger partial charge is 0.377 e. The van der Waals surface area contributed by atoms with E-state index in [1.165, 1.54) is 25.7 Å². The Bertz CT molecular complexity index is 115. The fourth-order valence-corrected chi connectivity index (χ4v) is 3.48. The summed E-state index contributed by atoms with van der Waals surface area (Å²) in [5.41, 5.74) is 0. The Hall–Kier alpha value is 0.690. The first kappa shape index (κ1) is 10.8. The summed E-state index contributed by atoms with van der Waals surface area (Å²) in [6.07, 6.45) is 5.69. The number of hydrogen-bond acceptors (Lipinski definition) is 1. The second kappa shape index (κ2) is 5.43. The van der Waals surface area contributed by atoms with Crippen molar-refractivity contribution in [2.24, 2.45) is 5.92 Å². The molecule has 2 atom stereocenters. The molecular weight excluding hydrogens is 263 g/mol. The van der Waals surface area contributed by atoms with Gasteiger partial charge in [0.25, 0.3) is 0 Å². The summed E-state index contributed by atoms with van der Waals surface area (Å²) < 4.78 is 6.43. The topological polar surface area (TPSA) is 9.23 Å². The summed E-state index contributed by atoms with van der Waals surface area (Å²) in [5.74, 6) is 0.855. The Morgan fingerprint density at radius 2 is 2.08 bits per heavy atom. The van der Waals surface area contributed by atoms with E-state index < -0.39 is 0 Å². The predicted molar refractivity (Wildman–Crippen MR) is 60.9 cm³/mol. The fraction of sp³-hybridized carbons (Fsp3) is 1.00. The summed E-state index contributed by atoms with van der Waals surface area (Å²) in [4.78, 5) is 0. The summed E-state index contributed by atoms with van der Waals surface area (Å²) >= 11 is 2.58. The van der Waals surface area contributed by atoms with E-state index in [4.69, 9.17) is 4.74 Å². The van der Waals surface area contributed by atoms with E-state index in [2.05, 4.69) is 36.4 Å². The molecule has 0 spiro atoms. The zero-order valence-corrected chi connectivity index (χ0v) is 10.2. The highest BCUT2D eigenvalue weighted by molar-refractivity contribution is 14.1. The van der Waals surface area contributed by atoms with Crippen LogP contribution < -0.4 is 0 Å². The van der Waals surface area contributed by atoms with E-state index in [1.54, 1.807) is 0 Å². The van der Waals surface area contributed by atoms with Crippen LogP contribution in [0.5, 0.6) is 0 Å². The molecule has 0 amide bonds. The molecule has 0 aromatic carbocycles. The van der Waals surface area contributed by atoms with Crippen LogP contribution >= 0.6 is 22.6 Å². The molecule has 1 rings (SSSR count). The standard InChI is InChI=1S/C10H19IO/c1-3-8(4-2)10(11)9-6-5-7-12-9/h8-10H,3-7H2,1-2H3/t9-,10+/m0/s1. The van der Waals surface area contributed by atoms with Crippen LogP contribution in [0.1, 0.15) is 39.5 Å². The first-order valence-corrected chi connectivity index (χ1v) is 6.29. The third kappa shape index (κ3) is 2.59. The van der Waals surface area contributed by atoms with Gasteiger partial charge in [0.1, 0.15) is 0 Å². The van der Waals surface area contributed by atoms with Crippen molar-refractivity contribution < 1.29 is 4.74 Å². The van der Waals surface area contributed by atoms with E-state index in [0.717, 1.165) is 16.4 Å². The lowest BCUT2D eigenvalue weighted by Gasteiger charge is -2.24. The number of rotatable bonds is 4. The van der Waals surface area contributed by atoms with Gasteiger partial charge in [-0.1, -0.05) is 49.3 Å². The number of alkyl halides is 1. The molecule has 0 aromatic heterocycles. The zero-order chi connectivity index (χ0) is 8.97. The van der Waals surface area contributed by atoms with Gasteiger partial charge in [-0.3, -0.25) is 0 Å². The fourth-order valence-electron chi connectivity index (χ4n) is 1.90. The van der Waals surface area contributed by atoms with Gasteiger partial charge in [0.15, 0.2) is 0 Å². The summed E-state index contributed by atoms with van der Waals surface area (Å²) in [7, 11) is 0. The zero-order valence-electron chi connectivity index (χ0n) is 8.05. The number of halogens is 1. The normalized spacial score (nSPS) is 26.5. The molecule has 1 aliphatic rings. The average Bonchev–Trinajstić information content (AvgIpc) is 2.58. The predicted octanol–water partition coefficient (Wildman–Crippen LogP) is 3.41. The first-order valence-electron chi connectivity index (χ1n) is 5.05. The van der Waals surface area contributed by atoms with Gasteiger partial charge in [-0.2, -0.15) is 0 Å². The molecule has 12 heavy (non-hydrogen) atoms. The number of ether oxygens (including phenoxy) is 1. The molecular formula is C10H19IO. The maximum atomic E-state index is 5.69.